The van der Waals surface area contributed by atoms with Gasteiger partial charge in [-0.15, -0.1) is 0 Å². The second kappa shape index (κ2) is 6.72. The van der Waals surface area contributed by atoms with Gasteiger partial charge in [-0.05, 0) is 30.3 Å². The Morgan fingerprint density at radius 2 is 2.05 bits per heavy atom. The summed E-state index contributed by atoms with van der Waals surface area (Å²) in [5, 5.41) is 2.80. The summed E-state index contributed by atoms with van der Waals surface area (Å²) in [7, 11) is 0. The Hall–Kier alpha value is -2.34. The molecule has 1 amide bonds. The first-order valence-corrected chi connectivity index (χ1v) is 6.28. The van der Waals surface area contributed by atoms with E-state index in [1.54, 1.807) is 24.3 Å². The van der Waals surface area contributed by atoms with Crippen LogP contribution in [0.1, 0.15) is 6.42 Å². The van der Waals surface area contributed by atoms with E-state index in [9.17, 15) is 4.79 Å². The molecule has 104 valence electrons. The molecule has 0 saturated carbocycles. The van der Waals surface area contributed by atoms with E-state index in [1.165, 1.54) is 12.3 Å². The Balaban J connectivity index is 1.76. The molecule has 0 aliphatic carbocycles. The summed E-state index contributed by atoms with van der Waals surface area (Å²) in [6.45, 7) is 0.246. The SMILES string of the molecule is Nc1ccc(OCCC(=O)Nc2nccc(Cl)n2)cc1. The number of carbonyl (C=O) groups excluding carboxylic acids is 1. The molecule has 0 bridgehead atoms. The molecule has 6 nitrogen and oxygen atoms in total. The van der Waals surface area contributed by atoms with E-state index in [2.05, 4.69) is 15.3 Å². The van der Waals surface area contributed by atoms with E-state index < -0.39 is 0 Å². The van der Waals surface area contributed by atoms with Crippen LogP contribution in [0.4, 0.5) is 11.6 Å². The molecule has 2 rings (SSSR count). The normalized spacial score (nSPS) is 10.1. The zero-order valence-electron chi connectivity index (χ0n) is 10.5. The van der Waals surface area contributed by atoms with E-state index in [0.717, 1.165) is 0 Å². The number of anilines is 2. The first-order chi connectivity index (χ1) is 9.63. The third-order valence-corrected chi connectivity index (χ3v) is 2.56. The molecule has 0 radical (unpaired) electrons. The lowest BCUT2D eigenvalue weighted by Gasteiger charge is -2.06. The first kappa shape index (κ1) is 14.1. The van der Waals surface area contributed by atoms with Crippen LogP contribution in [0.15, 0.2) is 36.5 Å². The highest BCUT2D eigenvalue weighted by molar-refractivity contribution is 6.29. The number of benzene rings is 1. The lowest BCUT2D eigenvalue weighted by Crippen LogP contribution is -2.16. The number of nitrogens with one attached hydrogen (secondary N) is 1. The summed E-state index contributed by atoms with van der Waals surface area (Å²) in [5.74, 6) is 0.587. The minimum Gasteiger partial charge on any atom is -0.493 e. The van der Waals surface area contributed by atoms with E-state index in [4.69, 9.17) is 22.1 Å². The van der Waals surface area contributed by atoms with Crippen molar-refractivity contribution in [3.8, 4) is 5.75 Å². The molecule has 7 heteroatoms. The van der Waals surface area contributed by atoms with Crippen molar-refractivity contribution in [2.45, 2.75) is 6.42 Å². The molecule has 1 heterocycles. The quantitative estimate of drug-likeness (QED) is 0.651. The van der Waals surface area contributed by atoms with E-state index >= 15 is 0 Å². The maximum Gasteiger partial charge on any atom is 0.230 e. The smallest absolute Gasteiger partial charge is 0.230 e. The average molecular weight is 293 g/mol. The number of ether oxygens (including phenoxy) is 1. The molecule has 1 aromatic carbocycles. The molecule has 0 unspecified atom stereocenters. The summed E-state index contributed by atoms with van der Waals surface area (Å²) < 4.78 is 5.41. The number of hydrogen-bond acceptors (Lipinski definition) is 5. The van der Waals surface area contributed by atoms with Crippen molar-refractivity contribution in [2.75, 3.05) is 17.7 Å². The van der Waals surface area contributed by atoms with Gasteiger partial charge in [0.15, 0.2) is 0 Å². The molecule has 0 atom stereocenters. The van der Waals surface area contributed by atoms with Crippen LogP contribution in [0.25, 0.3) is 0 Å². The number of carbonyl (C=O) groups is 1. The standard InChI is InChI=1S/C13H13ClN4O2/c14-11-5-7-16-13(17-11)18-12(19)6-8-20-10-3-1-9(15)2-4-10/h1-5,7H,6,8,15H2,(H,16,17,18,19). The number of nitrogens with zero attached hydrogens (tertiary/aromatic N) is 2. The average Bonchev–Trinajstić information content (AvgIpc) is 2.41. The highest BCUT2D eigenvalue weighted by atomic mass is 35.5. The summed E-state index contributed by atoms with van der Waals surface area (Å²) in [4.78, 5) is 19.4. The van der Waals surface area contributed by atoms with Crippen LogP contribution in [0.3, 0.4) is 0 Å². The van der Waals surface area contributed by atoms with Crippen molar-refractivity contribution in [3.05, 3.63) is 41.7 Å². The van der Waals surface area contributed by atoms with E-state index in [1.807, 2.05) is 0 Å². The fraction of sp³-hybridized carbons (Fsp3) is 0.154. The van der Waals surface area contributed by atoms with Gasteiger partial charge in [-0.25, -0.2) is 9.97 Å². The second-order valence-corrected chi connectivity index (χ2v) is 4.31. The molecule has 20 heavy (non-hydrogen) atoms. The van der Waals surface area contributed by atoms with Gasteiger partial charge in [0.1, 0.15) is 10.9 Å². The molecule has 0 fully saturated rings. The van der Waals surface area contributed by atoms with Gasteiger partial charge in [0, 0.05) is 11.9 Å². The second-order valence-electron chi connectivity index (χ2n) is 3.92. The molecular formula is C13H13ClN4O2. The Bertz CT molecular complexity index is 589. The number of halogens is 1. The molecule has 0 saturated heterocycles. The van der Waals surface area contributed by atoms with Crippen LogP contribution < -0.4 is 15.8 Å². The summed E-state index contributed by atoms with van der Waals surface area (Å²) >= 11 is 5.69. The monoisotopic (exact) mass is 292 g/mol. The minimum atomic E-state index is -0.247. The van der Waals surface area contributed by atoms with Crippen LogP contribution in [0, 0.1) is 0 Å². The van der Waals surface area contributed by atoms with Crippen molar-refractivity contribution < 1.29 is 9.53 Å². The van der Waals surface area contributed by atoms with Gasteiger partial charge in [0.2, 0.25) is 11.9 Å². The predicted molar refractivity (Wildman–Crippen MR) is 76.6 cm³/mol. The number of aromatic nitrogens is 2. The van der Waals surface area contributed by atoms with Gasteiger partial charge >= 0.3 is 0 Å². The van der Waals surface area contributed by atoms with Gasteiger partial charge in [0.25, 0.3) is 0 Å². The van der Waals surface area contributed by atoms with Crippen LogP contribution in [-0.2, 0) is 4.79 Å². The summed E-state index contributed by atoms with van der Waals surface area (Å²) in [5.41, 5.74) is 6.22. The number of amides is 1. The topological polar surface area (TPSA) is 90.1 Å². The fourth-order valence-corrected chi connectivity index (χ4v) is 1.55. The van der Waals surface area contributed by atoms with Gasteiger partial charge in [-0.2, -0.15) is 0 Å². The number of rotatable bonds is 5. The zero-order chi connectivity index (χ0) is 14.4. The predicted octanol–water partition coefficient (Wildman–Crippen LogP) is 2.12. The Labute approximate surface area is 120 Å². The van der Waals surface area contributed by atoms with Gasteiger partial charge in [0.05, 0.1) is 13.0 Å². The van der Waals surface area contributed by atoms with Gasteiger partial charge < -0.3 is 10.5 Å². The largest absolute Gasteiger partial charge is 0.493 e. The molecule has 1 aromatic heterocycles. The Morgan fingerprint density at radius 1 is 1.30 bits per heavy atom. The Kier molecular flexibility index (Phi) is 4.73. The van der Waals surface area contributed by atoms with E-state index in [-0.39, 0.29) is 30.0 Å². The summed E-state index contributed by atoms with van der Waals surface area (Å²) in [6, 6.07) is 8.48. The van der Waals surface area contributed by atoms with Crippen molar-refractivity contribution >= 4 is 29.1 Å². The Morgan fingerprint density at radius 3 is 2.75 bits per heavy atom. The van der Waals surface area contributed by atoms with Crippen LogP contribution in [0.2, 0.25) is 5.15 Å². The highest BCUT2D eigenvalue weighted by Crippen LogP contribution is 2.13. The first-order valence-electron chi connectivity index (χ1n) is 5.90. The maximum absolute atomic E-state index is 11.6. The molecule has 3 N–H and O–H groups in total. The van der Waals surface area contributed by atoms with Crippen molar-refractivity contribution in [1.82, 2.24) is 9.97 Å². The van der Waals surface area contributed by atoms with Crippen molar-refractivity contribution in [2.24, 2.45) is 0 Å². The lowest BCUT2D eigenvalue weighted by molar-refractivity contribution is -0.116. The zero-order valence-corrected chi connectivity index (χ0v) is 11.3. The maximum atomic E-state index is 11.6. The van der Waals surface area contributed by atoms with Gasteiger partial charge in [-0.3, -0.25) is 10.1 Å². The highest BCUT2D eigenvalue weighted by Gasteiger charge is 2.05. The number of hydrogen-bond donors (Lipinski definition) is 2. The lowest BCUT2D eigenvalue weighted by atomic mass is 10.3. The van der Waals surface area contributed by atoms with Crippen LogP contribution in [0.5, 0.6) is 5.75 Å². The van der Waals surface area contributed by atoms with Crippen LogP contribution in [-0.4, -0.2) is 22.5 Å². The molecule has 0 aliphatic heterocycles. The number of nitrogen functional groups attached to an aromatic ring is 1. The minimum absolute atomic E-state index is 0.176. The van der Waals surface area contributed by atoms with Crippen LogP contribution >= 0.6 is 11.6 Å². The fourth-order valence-electron chi connectivity index (χ4n) is 1.41. The van der Waals surface area contributed by atoms with Gasteiger partial charge in [-0.1, -0.05) is 11.6 Å². The van der Waals surface area contributed by atoms with E-state index in [0.29, 0.717) is 11.4 Å². The number of nitrogens with two attached hydrogens (primary N) is 1. The summed E-state index contributed by atoms with van der Waals surface area (Å²) in [6.07, 6.45) is 1.65. The van der Waals surface area contributed by atoms with Crippen molar-refractivity contribution in [3.63, 3.8) is 0 Å². The third kappa shape index (κ3) is 4.40. The molecule has 2 aromatic rings. The molecule has 0 aliphatic rings. The third-order valence-electron chi connectivity index (χ3n) is 2.35. The molecule has 0 spiro atoms. The van der Waals surface area contributed by atoms with Crippen molar-refractivity contribution in [1.29, 1.82) is 0 Å². The molecular weight excluding hydrogens is 280 g/mol.